The normalized spacial score (nSPS) is 20.1. The van der Waals surface area contributed by atoms with Gasteiger partial charge in [0.05, 0.1) is 20.3 Å². The van der Waals surface area contributed by atoms with Crippen molar-refractivity contribution >= 4 is 51.0 Å². The van der Waals surface area contributed by atoms with Crippen molar-refractivity contribution in [3.8, 4) is 5.75 Å². The van der Waals surface area contributed by atoms with Crippen LogP contribution in [0.2, 0.25) is 5.02 Å². The van der Waals surface area contributed by atoms with Crippen LogP contribution in [-0.2, 0) is 0 Å². The number of nitrogens with one attached hydrogen (secondary N) is 1. The predicted octanol–water partition coefficient (Wildman–Crippen LogP) is 5.15. The van der Waals surface area contributed by atoms with E-state index in [1.54, 1.807) is 12.1 Å². The third-order valence-corrected chi connectivity index (χ3v) is 6.51. The minimum Gasteiger partial charge on any atom is -0.432 e. The van der Waals surface area contributed by atoms with Crippen LogP contribution < -0.4 is 10.1 Å². The van der Waals surface area contributed by atoms with Crippen LogP contribution >= 0.6 is 34.2 Å². The fourth-order valence-electron chi connectivity index (χ4n) is 3.72. The average molecular weight is 539 g/mol. The third kappa shape index (κ3) is 5.27. The first-order chi connectivity index (χ1) is 13.6. The third-order valence-electron chi connectivity index (χ3n) is 5.35. The van der Waals surface area contributed by atoms with E-state index in [4.69, 9.17) is 11.6 Å². The summed E-state index contributed by atoms with van der Waals surface area (Å²) in [7, 11) is 0. The lowest BCUT2D eigenvalue weighted by atomic mass is 9.77. The fourth-order valence-corrected chi connectivity index (χ4v) is 4.92. The van der Waals surface area contributed by atoms with E-state index in [0.29, 0.717) is 20.0 Å². The van der Waals surface area contributed by atoms with Crippen LogP contribution in [0.3, 0.4) is 0 Å². The van der Waals surface area contributed by atoms with Gasteiger partial charge in [-0.15, -0.1) is 0 Å². The van der Waals surface area contributed by atoms with Gasteiger partial charge in [-0.1, -0.05) is 11.6 Å². The number of halogens is 4. The lowest BCUT2D eigenvalue weighted by Crippen LogP contribution is -2.41. The van der Waals surface area contributed by atoms with Gasteiger partial charge in [0.25, 0.3) is 5.91 Å². The van der Waals surface area contributed by atoms with Crippen molar-refractivity contribution in [2.24, 2.45) is 5.92 Å². The number of carbonyl (C=O) groups excluding carboxylic acids is 1. The van der Waals surface area contributed by atoms with E-state index >= 15 is 0 Å². The van der Waals surface area contributed by atoms with E-state index in [2.05, 4.69) is 15.0 Å². The summed E-state index contributed by atoms with van der Waals surface area (Å²) in [6.45, 7) is 0.651. The van der Waals surface area contributed by atoms with Gasteiger partial charge in [0.15, 0.2) is 5.75 Å². The summed E-state index contributed by atoms with van der Waals surface area (Å²) < 4.78 is 30.1. The van der Waals surface area contributed by atoms with Crippen LogP contribution in [0.1, 0.15) is 49.9 Å². The van der Waals surface area contributed by atoms with E-state index < -0.39 is 12.2 Å². The van der Waals surface area contributed by atoms with Gasteiger partial charge in [-0.05, 0) is 80.2 Å². The number of aromatic nitrogens is 1. The minimum absolute atomic E-state index is 0.0101. The number of rotatable bonds is 5. The molecule has 2 aromatic rings. The molecule has 2 N–H and O–H groups in total. The average Bonchev–Trinajstić information content (AvgIpc) is 2.64. The molecule has 1 saturated carbocycles. The molecule has 1 amide bonds. The summed E-state index contributed by atoms with van der Waals surface area (Å²) in [5, 5.41) is 13.7. The number of ether oxygens (including phenoxy) is 1. The van der Waals surface area contributed by atoms with Crippen LogP contribution in [0.4, 0.5) is 8.78 Å². The van der Waals surface area contributed by atoms with E-state index in [1.807, 2.05) is 36.4 Å². The van der Waals surface area contributed by atoms with Gasteiger partial charge < -0.3 is 15.2 Å². The number of fused-ring (bicyclic) bond motifs is 1. The summed E-state index contributed by atoms with van der Waals surface area (Å²) in [6, 6.07) is 3.29. The summed E-state index contributed by atoms with van der Waals surface area (Å²) in [5.74, 6) is -0.139. The molecule has 158 valence electrons. The van der Waals surface area contributed by atoms with Crippen LogP contribution in [0.15, 0.2) is 18.3 Å². The molecule has 0 radical (unpaired) electrons. The van der Waals surface area contributed by atoms with Crippen molar-refractivity contribution in [3.05, 3.63) is 32.5 Å². The fraction of sp³-hybridized carbons (Fsp3) is 0.500. The maximum Gasteiger partial charge on any atom is 0.387 e. The van der Waals surface area contributed by atoms with Crippen molar-refractivity contribution in [1.82, 2.24) is 10.3 Å². The molecule has 0 unspecified atom stereocenters. The molecule has 1 aliphatic rings. The number of hydrogen-bond donors (Lipinski definition) is 2. The highest BCUT2D eigenvalue weighted by molar-refractivity contribution is 14.1. The summed E-state index contributed by atoms with van der Waals surface area (Å²) >= 11 is 8.04. The molecular weight excluding hydrogens is 517 g/mol. The molecule has 0 bridgehead atoms. The van der Waals surface area contributed by atoms with Gasteiger partial charge in [0.2, 0.25) is 0 Å². The summed E-state index contributed by atoms with van der Waals surface area (Å²) in [5.41, 5.74) is -0.0398. The minimum atomic E-state index is -2.99. The maximum atomic E-state index is 12.7. The van der Waals surface area contributed by atoms with Crippen LogP contribution in [0.25, 0.3) is 10.9 Å². The zero-order chi connectivity index (χ0) is 21.3. The quantitative estimate of drug-likeness (QED) is 0.517. The molecule has 1 aliphatic carbocycles. The van der Waals surface area contributed by atoms with Crippen LogP contribution in [0.5, 0.6) is 5.75 Å². The second-order valence-electron chi connectivity index (χ2n) is 7.85. The number of alkyl halides is 2. The Bertz CT molecular complexity index is 913. The van der Waals surface area contributed by atoms with E-state index in [1.165, 1.54) is 6.20 Å². The lowest BCUT2D eigenvalue weighted by molar-refractivity contribution is -0.0502. The smallest absolute Gasteiger partial charge is 0.387 e. The molecule has 5 nitrogen and oxygen atoms in total. The van der Waals surface area contributed by atoms with Crippen molar-refractivity contribution in [2.45, 2.75) is 57.8 Å². The monoisotopic (exact) mass is 538 g/mol. The number of hydrogen-bond acceptors (Lipinski definition) is 4. The number of amides is 1. The highest BCUT2D eigenvalue weighted by atomic mass is 127. The van der Waals surface area contributed by atoms with Gasteiger partial charge in [-0.3, -0.25) is 9.78 Å². The molecule has 0 aliphatic heterocycles. The van der Waals surface area contributed by atoms with Crippen molar-refractivity contribution in [3.63, 3.8) is 0 Å². The molecule has 0 spiro atoms. The molecule has 0 atom stereocenters. The molecule has 9 heteroatoms. The number of carbonyl (C=O) groups is 1. The zero-order valence-electron chi connectivity index (χ0n) is 16.0. The lowest BCUT2D eigenvalue weighted by Gasteiger charge is -2.36. The number of benzene rings is 1. The van der Waals surface area contributed by atoms with Gasteiger partial charge in [0.1, 0.15) is 5.02 Å². The Hall–Kier alpha value is -1.26. The van der Waals surface area contributed by atoms with E-state index in [9.17, 15) is 18.7 Å². The molecule has 1 aromatic carbocycles. The van der Waals surface area contributed by atoms with Gasteiger partial charge in [-0.25, -0.2) is 0 Å². The predicted molar refractivity (Wildman–Crippen MR) is 116 cm³/mol. The highest BCUT2D eigenvalue weighted by Gasteiger charge is 2.32. The van der Waals surface area contributed by atoms with Crippen molar-refractivity contribution < 1.29 is 23.4 Å². The van der Waals surface area contributed by atoms with Gasteiger partial charge in [0, 0.05) is 17.6 Å². The standard InChI is InChI=1S/C20H22ClF2IN2O3/c1-20(2,28)12-3-5-13(6-4-12)26-18(27)11-7-10-8-14(24)17(29-19(22)23)15(21)16(10)25-9-11/h7-9,12-13,19,28H,3-6H2,1-2H3,(H,26,27)/t12-,13-. The van der Waals surface area contributed by atoms with Crippen LogP contribution in [0, 0.1) is 9.49 Å². The van der Waals surface area contributed by atoms with Crippen LogP contribution in [-0.4, -0.2) is 34.3 Å². The van der Waals surface area contributed by atoms with Crippen molar-refractivity contribution in [1.29, 1.82) is 0 Å². The maximum absolute atomic E-state index is 12.7. The highest BCUT2D eigenvalue weighted by Crippen LogP contribution is 2.37. The molecule has 1 aromatic heterocycles. The molecule has 29 heavy (non-hydrogen) atoms. The first kappa shape index (κ1) is 22.4. The Balaban J connectivity index is 1.74. The number of aliphatic hydroxyl groups is 1. The first-order valence-electron chi connectivity index (χ1n) is 9.32. The summed E-state index contributed by atoms with van der Waals surface area (Å²) in [6.07, 6.45) is 4.69. The van der Waals surface area contributed by atoms with E-state index in [0.717, 1.165) is 25.7 Å². The molecule has 0 saturated heterocycles. The Morgan fingerprint density at radius 3 is 2.59 bits per heavy atom. The Morgan fingerprint density at radius 2 is 2.00 bits per heavy atom. The molecule has 1 fully saturated rings. The van der Waals surface area contributed by atoms with Gasteiger partial charge >= 0.3 is 6.61 Å². The van der Waals surface area contributed by atoms with Gasteiger partial charge in [-0.2, -0.15) is 8.78 Å². The SMILES string of the molecule is CC(C)(O)[C@H]1CC[C@H](NC(=O)c2cnc3c(Cl)c(OC(F)F)c(I)cc3c2)CC1. The molecular formula is C20H22ClF2IN2O3. The topological polar surface area (TPSA) is 71.5 Å². The summed E-state index contributed by atoms with van der Waals surface area (Å²) in [4.78, 5) is 16.9. The Morgan fingerprint density at radius 1 is 1.34 bits per heavy atom. The molecule has 1 heterocycles. The largest absolute Gasteiger partial charge is 0.432 e. The first-order valence-corrected chi connectivity index (χ1v) is 10.8. The second-order valence-corrected chi connectivity index (χ2v) is 9.39. The number of pyridine rings is 1. The Labute approximate surface area is 186 Å². The zero-order valence-corrected chi connectivity index (χ0v) is 18.9. The van der Waals surface area contributed by atoms with E-state index in [-0.39, 0.29) is 28.6 Å². The second kappa shape index (κ2) is 8.85. The van der Waals surface area contributed by atoms with Crippen molar-refractivity contribution in [2.75, 3.05) is 0 Å². The Kier molecular flexibility index (Phi) is 6.84. The molecule has 3 rings (SSSR count). The number of nitrogens with zero attached hydrogens (tertiary/aromatic N) is 1.